The van der Waals surface area contributed by atoms with E-state index in [1.54, 1.807) is 0 Å². The summed E-state index contributed by atoms with van der Waals surface area (Å²) in [5, 5.41) is 3.65. The molecule has 0 aliphatic carbocycles. The van der Waals surface area contributed by atoms with Gasteiger partial charge in [-0.1, -0.05) is 11.6 Å². The first kappa shape index (κ1) is 18.9. The number of benzene rings is 1. The van der Waals surface area contributed by atoms with Gasteiger partial charge in [-0.25, -0.2) is 4.79 Å². The van der Waals surface area contributed by atoms with Crippen LogP contribution in [-0.2, 0) is 11.3 Å². The number of nitrogens with zero attached hydrogens (tertiary/aromatic N) is 1. The van der Waals surface area contributed by atoms with Gasteiger partial charge < -0.3 is 14.8 Å². The van der Waals surface area contributed by atoms with Crippen LogP contribution in [0.3, 0.4) is 0 Å². The fraction of sp³-hybridized carbons (Fsp3) is 0.611. The Kier molecular flexibility index (Phi) is 6.35. The summed E-state index contributed by atoms with van der Waals surface area (Å²) >= 11 is 6.11. The molecular weight excluding hydrogens is 328 g/mol. The molecule has 1 heterocycles. The number of hydrogen-bond acceptors (Lipinski definition) is 4. The highest BCUT2D eigenvalue weighted by Gasteiger charge is 2.26. The number of rotatable bonds is 5. The number of carbonyl (C=O) groups excluding carboxylic acids is 1. The molecule has 134 valence electrons. The van der Waals surface area contributed by atoms with Crippen LogP contribution in [0.4, 0.5) is 4.79 Å². The van der Waals surface area contributed by atoms with Crippen LogP contribution in [0.2, 0.25) is 5.02 Å². The van der Waals surface area contributed by atoms with Gasteiger partial charge in [0.1, 0.15) is 11.4 Å². The van der Waals surface area contributed by atoms with Crippen molar-refractivity contribution in [2.24, 2.45) is 0 Å². The SMILES string of the molecule is CCOc1ccc(Cl)cc1CN1CCC(NC(=O)OC(C)(C)C)C1. The van der Waals surface area contributed by atoms with Crippen molar-refractivity contribution in [3.8, 4) is 5.75 Å². The third-order valence-corrected chi connectivity index (χ3v) is 3.94. The molecule has 1 unspecified atom stereocenters. The fourth-order valence-electron chi connectivity index (χ4n) is 2.78. The number of hydrogen-bond donors (Lipinski definition) is 1. The molecule has 1 saturated heterocycles. The summed E-state index contributed by atoms with van der Waals surface area (Å²) in [6, 6.07) is 5.80. The molecule has 0 radical (unpaired) electrons. The van der Waals surface area contributed by atoms with Gasteiger partial charge in [0.25, 0.3) is 0 Å². The van der Waals surface area contributed by atoms with E-state index in [0.29, 0.717) is 11.6 Å². The van der Waals surface area contributed by atoms with Crippen molar-refractivity contribution in [2.45, 2.75) is 52.3 Å². The minimum atomic E-state index is -0.477. The zero-order valence-corrected chi connectivity index (χ0v) is 15.7. The predicted octanol–water partition coefficient (Wildman–Crippen LogP) is 3.84. The Bertz CT molecular complexity index is 572. The molecule has 1 aromatic rings. The first-order chi connectivity index (χ1) is 11.3. The van der Waals surface area contributed by atoms with Gasteiger partial charge in [0.05, 0.1) is 6.61 Å². The summed E-state index contributed by atoms with van der Waals surface area (Å²) in [5.74, 6) is 0.866. The molecule has 1 N–H and O–H groups in total. The first-order valence-electron chi connectivity index (χ1n) is 8.40. The van der Waals surface area contributed by atoms with Gasteiger partial charge >= 0.3 is 6.09 Å². The normalized spacial score (nSPS) is 18.5. The second kappa shape index (κ2) is 8.08. The van der Waals surface area contributed by atoms with Gasteiger partial charge in [0.15, 0.2) is 0 Å². The molecule has 1 amide bonds. The third-order valence-electron chi connectivity index (χ3n) is 3.71. The van der Waals surface area contributed by atoms with Crippen LogP contribution in [0.15, 0.2) is 18.2 Å². The average molecular weight is 355 g/mol. The Labute approximate surface area is 149 Å². The summed E-state index contributed by atoms with van der Waals surface area (Å²) in [5.41, 5.74) is 0.595. The number of halogens is 1. The lowest BCUT2D eigenvalue weighted by Gasteiger charge is -2.22. The number of alkyl carbamates (subject to hydrolysis) is 1. The van der Waals surface area contributed by atoms with Crippen molar-refractivity contribution in [2.75, 3.05) is 19.7 Å². The largest absolute Gasteiger partial charge is 0.494 e. The van der Waals surface area contributed by atoms with Crippen molar-refractivity contribution in [1.29, 1.82) is 0 Å². The Morgan fingerprint density at radius 2 is 2.17 bits per heavy atom. The average Bonchev–Trinajstić information content (AvgIpc) is 2.87. The molecule has 1 fully saturated rings. The molecule has 24 heavy (non-hydrogen) atoms. The number of ether oxygens (including phenoxy) is 2. The Morgan fingerprint density at radius 3 is 2.83 bits per heavy atom. The van der Waals surface area contributed by atoms with Gasteiger partial charge in [0.2, 0.25) is 0 Å². The van der Waals surface area contributed by atoms with E-state index in [4.69, 9.17) is 21.1 Å². The van der Waals surface area contributed by atoms with Crippen LogP contribution in [-0.4, -0.2) is 42.3 Å². The Balaban J connectivity index is 1.90. The van der Waals surface area contributed by atoms with Gasteiger partial charge in [-0.05, 0) is 52.3 Å². The number of likely N-dealkylation sites (tertiary alicyclic amines) is 1. The maximum Gasteiger partial charge on any atom is 0.407 e. The second-order valence-corrected chi connectivity index (χ2v) is 7.49. The van der Waals surface area contributed by atoms with Crippen molar-refractivity contribution < 1.29 is 14.3 Å². The van der Waals surface area contributed by atoms with Crippen LogP contribution in [0.5, 0.6) is 5.75 Å². The van der Waals surface area contributed by atoms with E-state index in [1.807, 2.05) is 45.9 Å². The summed E-state index contributed by atoms with van der Waals surface area (Å²) in [6.07, 6.45) is 0.552. The number of carbonyl (C=O) groups is 1. The lowest BCUT2D eigenvalue weighted by atomic mass is 10.2. The van der Waals surface area contributed by atoms with Gasteiger partial charge in [-0.2, -0.15) is 0 Å². The maximum absolute atomic E-state index is 11.9. The molecular formula is C18H27ClN2O3. The van der Waals surface area contributed by atoms with Crippen LogP contribution < -0.4 is 10.1 Å². The van der Waals surface area contributed by atoms with Crippen LogP contribution >= 0.6 is 11.6 Å². The third kappa shape index (κ3) is 5.87. The highest BCUT2D eigenvalue weighted by atomic mass is 35.5. The standard InChI is InChI=1S/C18H27ClN2O3/c1-5-23-16-7-6-14(19)10-13(16)11-21-9-8-15(12-21)20-17(22)24-18(2,3)4/h6-7,10,15H,5,8-9,11-12H2,1-4H3,(H,20,22). The van der Waals surface area contributed by atoms with Gasteiger partial charge in [-0.3, -0.25) is 4.90 Å². The minimum absolute atomic E-state index is 0.106. The smallest absolute Gasteiger partial charge is 0.407 e. The van der Waals surface area contributed by atoms with Crippen molar-refractivity contribution >= 4 is 17.7 Å². The molecule has 1 aliphatic rings. The summed E-state index contributed by atoms with van der Waals surface area (Å²) < 4.78 is 11.0. The second-order valence-electron chi connectivity index (χ2n) is 7.05. The summed E-state index contributed by atoms with van der Waals surface area (Å²) in [6.45, 7) is 10.6. The van der Waals surface area contributed by atoms with E-state index in [9.17, 15) is 4.79 Å². The molecule has 1 aliphatic heterocycles. The summed E-state index contributed by atoms with van der Waals surface area (Å²) in [4.78, 5) is 14.2. The lowest BCUT2D eigenvalue weighted by Crippen LogP contribution is -2.40. The van der Waals surface area contributed by atoms with E-state index in [1.165, 1.54) is 0 Å². The molecule has 0 aromatic heterocycles. The molecule has 1 atom stereocenters. The van der Waals surface area contributed by atoms with Crippen LogP contribution in [0.25, 0.3) is 0 Å². The molecule has 0 saturated carbocycles. The number of nitrogens with one attached hydrogen (secondary N) is 1. The maximum atomic E-state index is 11.9. The van der Waals surface area contributed by atoms with E-state index < -0.39 is 5.60 Å². The van der Waals surface area contributed by atoms with Crippen LogP contribution in [0, 0.1) is 0 Å². The monoisotopic (exact) mass is 354 g/mol. The van der Waals surface area contributed by atoms with E-state index in [-0.39, 0.29) is 12.1 Å². The highest BCUT2D eigenvalue weighted by molar-refractivity contribution is 6.30. The minimum Gasteiger partial charge on any atom is -0.494 e. The molecule has 0 bridgehead atoms. The fourth-order valence-corrected chi connectivity index (χ4v) is 2.97. The highest BCUT2D eigenvalue weighted by Crippen LogP contribution is 2.26. The quantitative estimate of drug-likeness (QED) is 0.872. The van der Waals surface area contributed by atoms with E-state index in [2.05, 4.69) is 10.2 Å². The van der Waals surface area contributed by atoms with Crippen LogP contribution in [0.1, 0.15) is 39.7 Å². The molecule has 1 aromatic carbocycles. The molecule has 0 spiro atoms. The molecule has 2 rings (SSSR count). The summed E-state index contributed by atoms with van der Waals surface area (Å²) in [7, 11) is 0. The van der Waals surface area contributed by atoms with Crippen molar-refractivity contribution in [1.82, 2.24) is 10.2 Å². The Hall–Kier alpha value is -1.46. The lowest BCUT2D eigenvalue weighted by molar-refractivity contribution is 0.0505. The van der Waals surface area contributed by atoms with Gasteiger partial charge in [0, 0.05) is 36.3 Å². The van der Waals surface area contributed by atoms with Gasteiger partial charge in [-0.15, -0.1) is 0 Å². The predicted molar refractivity (Wildman–Crippen MR) is 95.7 cm³/mol. The van der Waals surface area contributed by atoms with Crippen molar-refractivity contribution in [3.63, 3.8) is 0 Å². The van der Waals surface area contributed by atoms with E-state index >= 15 is 0 Å². The van der Waals surface area contributed by atoms with E-state index in [0.717, 1.165) is 37.4 Å². The zero-order valence-electron chi connectivity index (χ0n) is 14.9. The Morgan fingerprint density at radius 1 is 1.42 bits per heavy atom. The molecule has 6 heteroatoms. The van der Waals surface area contributed by atoms with Crippen molar-refractivity contribution in [3.05, 3.63) is 28.8 Å². The number of amides is 1. The first-order valence-corrected chi connectivity index (χ1v) is 8.77. The topological polar surface area (TPSA) is 50.8 Å². The zero-order chi connectivity index (χ0) is 17.7. The molecule has 5 nitrogen and oxygen atoms in total.